The fraction of sp³-hybridized carbons (Fsp3) is 0.261. The van der Waals surface area contributed by atoms with Crippen molar-refractivity contribution in [1.29, 1.82) is 0 Å². The molecule has 3 aromatic rings. The second-order valence-corrected chi connectivity index (χ2v) is 7.11. The number of aromatic nitrogens is 2. The van der Waals surface area contributed by atoms with Crippen LogP contribution < -0.4 is 20.3 Å². The third-order valence-corrected chi connectivity index (χ3v) is 4.78. The topological polar surface area (TPSA) is 82.5 Å². The molecule has 1 amide bonds. The van der Waals surface area contributed by atoms with Crippen molar-refractivity contribution in [1.82, 2.24) is 9.78 Å². The van der Waals surface area contributed by atoms with Gasteiger partial charge in [0.25, 0.3) is 5.56 Å². The van der Waals surface area contributed by atoms with Crippen LogP contribution in [0.15, 0.2) is 47.3 Å². The Labute approximate surface area is 175 Å². The fourth-order valence-electron chi connectivity index (χ4n) is 3.40. The second kappa shape index (κ2) is 8.82. The molecule has 7 heteroatoms. The molecule has 30 heavy (non-hydrogen) atoms. The van der Waals surface area contributed by atoms with Gasteiger partial charge in [-0.15, -0.1) is 0 Å². The monoisotopic (exact) mass is 407 g/mol. The molecule has 156 valence electrons. The van der Waals surface area contributed by atoms with E-state index in [-0.39, 0.29) is 18.0 Å². The SMILES string of the molecule is COc1ccc(-c2ccc(=O)n(CC(=O)Nc3c(C)cc(C)cc3C)n2)cc1OC. The van der Waals surface area contributed by atoms with Gasteiger partial charge in [0.05, 0.1) is 19.9 Å². The highest BCUT2D eigenvalue weighted by molar-refractivity contribution is 5.92. The van der Waals surface area contributed by atoms with E-state index in [0.717, 1.165) is 32.6 Å². The summed E-state index contributed by atoms with van der Waals surface area (Å²) in [6.45, 7) is 5.71. The van der Waals surface area contributed by atoms with Gasteiger partial charge in [-0.3, -0.25) is 9.59 Å². The fourth-order valence-corrected chi connectivity index (χ4v) is 3.40. The molecule has 0 fully saturated rings. The Morgan fingerprint density at radius 2 is 1.63 bits per heavy atom. The average Bonchev–Trinajstić information content (AvgIpc) is 2.71. The van der Waals surface area contributed by atoms with Gasteiger partial charge >= 0.3 is 0 Å². The number of anilines is 1. The maximum atomic E-state index is 12.6. The number of rotatable bonds is 6. The summed E-state index contributed by atoms with van der Waals surface area (Å²) in [6.07, 6.45) is 0. The number of hydrogen-bond donors (Lipinski definition) is 1. The van der Waals surface area contributed by atoms with Crippen LogP contribution in [0.2, 0.25) is 0 Å². The molecule has 0 saturated carbocycles. The third-order valence-electron chi connectivity index (χ3n) is 4.78. The molecule has 0 unspecified atom stereocenters. The van der Waals surface area contributed by atoms with E-state index < -0.39 is 0 Å². The molecular formula is C23H25N3O4. The van der Waals surface area contributed by atoms with Crippen molar-refractivity contribution in [2.75, 3.05) is 19.5 Å². The van der Waals surface area contributed by atoms with Crippen LogP contribution in [0.3, 0.4) is 0 Å². The number of aryl methyl sites for hydroxylation is 3. The van der Waals surface area contributed by atoms with E-state index in [1.54, 1.807) is 32.4 Å². The highest BCUT2D eigenvalue weighted by atomic mass is 16.5. The molecule has 1 heterocycles. The summed E-state index contributed by atoms with van der Waals surface area (Å²) in [4.78, 5) is 24.9. The van der Waals surface area contributed by atoms with Crippen LogP contribution in [0, 0.1) is 20.8 Å². The predicted molar refractivity (Wildman–Crippen MR) is 116 cm³/mol. The van der Waals surface area contributed by atoms with Gasteiger partial charge in [-0.2, -0.15) is 5.10 Å². The number of benzene rings is 2. The lowest BCUT2D eigenvalue weighted by Crippen LogP contribution is -2.29. The third kappa shape index (κ3) is 4.51. The minimum atomic E-state index is -0.355. The minimum Gasteiger partial charge on any atom is -0.493 e. The molecule has 0 bridgehead atoms. The number of methoxy groups -OCH3 is 2. The molecule has 0 spiro atoms. The Morgan fingerprint density at radius 1 is 0.967 bits per heavy atom. The lowest BCUT2D eigenvalue weighted by molar-refractivity contribution is -0.117. The van der Waals surface area contributed by atoms with Crippen molar-refractivity contribution in [3.05, 3.63) is 69.5 Å². The highest BCUT2D eigenvalue weighted by Gasteiger charge is 2.13. The van der Waals surface area contributed by atoms with E-state index >= 15 is 0 Å². The normalized spacial score (nSPS) is 10.6. The Kier molecular flexibility index (Phi) is 6.20. The van der Waals surface area contributed by atoms with Gasteiger partial charge in [0.2, 0.25) is 5.91 Å². The van der Waals surface area contributed by atoms with E-state index in [2.05, 4.69) is 10.4 Å². The molecule has 2 aromatic carbocycles. The van der Waals surface area contributed by atoms with Crippen LogP contribution in [0.25, 0.3) is 11.3 Å². The smallest absolute Gasteiger partial charge is 0.267 e. The molecule has 0 saturated heterocycles. The summed E-state index contributed by atoms with van der Waals surface area (Å²) in [6, 6.07) is 12.4. The predicted octanol–water partition coefficient (Wildman–Crippen LogP) is 3.49. The Balaban J connectivity index is 1.86. The first-order chi connectivity index (χ1) is 14.3. The number of amides is 1. The lowest BCUT2D eigenvalue weighted by Gasteiger charge is -2.14. The zero-order valence-corrected chi connectivity index (χ0v) is 17.8. The number of nitrogens with zero attached hydrogens (tertiary/aromatic N) is 2. The summed E-state index contributed by atoms with van der Waals surface area (Å²) >= 11 is 0. The first-order valence-corrected chi connectivity index (χ1v) is 9.50. The van der Waals surface area contributed by atoms with E-state index in [1.807, 2.05) is 39.0 Å². The van der Waals surface area contributed by atoms with E-state index in [0.29, 0.717) is 17.2 Å². The Hall–Kier alpha value is -3.61. The highest BCUT2D eigenvalue weighted by Crippen LogP contribution is 2.31. The summed E-state index contributed by atoms with van der Waals surface area (Å²) in [5.74, 6) is 0.833. The van der Waals surface area contributed by atoms with Gasteiger partial charge in [0.15, 0.2) is 11.5 Å². The van der Waals surface area contributed by atoms with Crippen LogP contribution in [-0.4, -0.2) is 29.9 Å². The largest absolute Gasteiger partial charge is 0.493 e. The molecule has 0 aliphatic heterocycles. The number of nitrogens with one attached hydrogen (secondary N) is 1. The van der Waals surface area contributed by atoms with Gasteiger partial charge in [0, 0.05) is 17.3 Å². The van der Waals surface area contributed by atoms with Crippen LogP contribution in [0.5, 0.6) is 11.5 Å². The minimum absolute atomic E-state index is 0.188. The average molecular weight is 407 g/mol. The lowest BCUT2D eigenvalue weighted by atomic mass is 10.1. The molecule has 7 nitrogen and oxygen atoms in total. The van der Waals surface area contributed by atoms with E-state index in [9.17, 15) is 9.59 Å². The van der Waals surface area contributed by atoms with Crippen LogP contribution in [-0.2, 0) is 11.3 Å². The molecule has 0 atom stereocenters. The number of carbonyl (C=O) groups excluding carboxylic acids is 1. The zero-order chi connectivity index (χ0) is 21.8. The summed E-state index contributed by atoms with van der Waals surface area (Å²) < 4.78 is 11.7. The van der Waals surface area contributed by atoms with Crippen molar-refractivity contribution >= 4 is 11.6 Å². The van der Waals surface area contributed by atoms with E-state index in [4.69, 9.17) is 9.47 Å². The molecule has 1 N–H and O–H groups in total. The first-order valence-electron chi connectivity index (χ1n) is 9.50. The van der Waals surface area contributed by atoms with Gasteiger partial charge in [-0.05, 0) is 56.2 Å². The number of ether oxygens (including phenoxy) is 2. The summed E-state index contributed by atoms with van der Waals surface area (Å²) in [5, 5.41) is 7.26. The van der Waals surface area contributed by atoms with Crippen LogP contribution in [0.1, 0.15) is 16.7 Å². The van der Waals surface area contributed by atoms with Crippen LogP contribution in [0.4, 0.5) is 5.69 Å². The molecule has 3 rings (SSSR count). The zero-order valence-electron chi connectivity index (χ0n) is 17.8. The second-order valence-electron chi connectivity index (χ2n) is 7.11. The van der Waals surface area contributed by atoms with Gasteiger partial charge in [0.1, 0.15) is 6.54 Å². The maximum absolute atomic E-state index is 12.6. The molecule has 0 aliphatic rings. The summed E-state index contributed by atoms with van der Waals surface area (Å²) in [7, 11) is 3.11. The van der Waals surface area contributed by atoms with Crippen molar-refractivity contribution in [2.24, 2.45) is 0 Å². The maximum Gasteiger partial charge on any atom is 0.267 e. The first kappa shape index (κ1) is 21.1. The summed E-state index contributed by atoms with van der Waals surface area (Å²) in [5.41, 5.74) is 4.77. The van der Waals surface area contributed by atoms with Crippen LogP contribution >= 0.6 is 0 Å². The molecule has 0 radical (unpaired) electrons. The quantitative estimate of drug-likeness (QED) is 0.676. The molecular weight excluding hydrogens is 382 g/mol. The van der Waals surface area contributed by atoms with Gasteiger partial charge in [-0.25, -0.2) is 4.68 Å². The van der Waals surface area contributed by atoms with Crippen molar-refractivity contribution in [3.8, 4) is 22.8 Å². The van der Waals surface area contributed by atoms with Gasteiger partial charge in [-0.1, -0.05) is 17.7 Å². The van der Waals surface area contributed by atoms with Crippen molar-refractivity contribution in [2.45, 2.75) is 27.3 Å². The van der Waals surface area contributed by atoms with Crippen molar-refractivity contribution < 1.29 is 14.3 Å². The Bertz CT molecular complexity index is 1130. The number of carbonyl (C=O) groups is 1. The number of hydrogen-bond acceptors (Lipinski definition) is 5. The Morgan fingerprint density at radius 3 is 2.27 bits per heavy atom. The van der Waals surface area contributed by atoms with Gasteiger partial charge < -0.3 is 14.8 Å². The molecule has 1 aromatic heterocycles. The molecule has 0 aliphatic carbocycles. The van der Waals surface area contributed by atoms with E-state index in [1.165, 1.54) is 6.07 Å². The van der Waals surface area contributed by atoms with Crippen molar-refractivity contribution in [3.63, 3.8) is 0 Å². The standard InChI is InChI=1S/C23H25N3O4/c1-14-10-15(2)23(16(3)11-14)24-21(27)13-26-22(28)9-7-18(25-26)17-6-8-19(29-4)20(12-17)30-5/h6-12H,13H2,1-5H3,(H,24,27).